The minimum Gasteiger partial charge on any atom is -0.478 e. The molecule has 2 rings (SSSR count). The van der Waals surface area contributed by atoms with Crippen molar-refractivity contribution in [2.24, 2.45) is 0 Å². The summed E-state index contributed by atoms with van der Waals surface area (Å²) < 4.78 is 5.77. The summed E-state index contributed by atoms with van der Waals surface area (Å²) in [5.41, 5.74) is 1.30. The van der Waals surface area contributed by atoms with Crippen LogP contribution in [-0.4, -0.2) is 11.1 Å². The van der Waals surface area contributed by atoms with E-state index >= 15 is 0 Å². The average molecular weight is 322 g/mol. The molecule has 0 spiro atoms. The van der Waals surface area contributed by atoms with Crippen LogP contribution in [0.2, 0.25) is 0 Å². The number of benzene rings is 2. The molecule has 0 radical (unpaired) electrons. The molecule has 0 aromatic heterocycles. The van der Waals surface area contributed by atoms with Crippen molar-refractivity contribution in [2.45, 2.75) is 25.7 Å². The summed E-state index contributed by atoms with van der Waals surface area (Å²) in [6, 6.07) is 17.9. The van der Waals surface area contributed by atoms with Gasteiger partial charge in [0.15, 0.2) is 0 Å². The standard InChI is InChI=1S/C21H22O3/c22-21(23)13-9-4-2-1-3-6-10-18-14-16-20(17-15-18)24-19-11-7-5-8-12-19/h2,4-5,7-9,11-17H,1,3,6,10H2,(H,22,23)/b4-2+,13-9+. The van der Waals surface area contributed by atoms with Crippen LogP contribution in [0.15, 0.2) is 78.9 Å². The third kappa shape index (κ3) is 6.97. The number of rotatable bonds is 9. The minimum atomic E-state index is -0.917. The molecule has 2 aromatic rings. The van der Waals surface area contributed by atoms with E-state index in [-0.39, 0.29) is 0 Å². The smallest absolute Gasteiger partial charge is 0.328 e. The zero-order valence-electron chi connectivity index (χ0n) is 13.6. The lowest BCUT2D eigenvalue weighted by atomic mass is 10.1. The first-order valence-electron chi connectivity index (χ1n) is 8.12. The molecule has 0 bridgehead atoms. The normalized spacial score (nSPS) is 11.2. The number of para-hydroxylation sites is 1. The predicted octanol–water partition coefficient (Wildman–Crippen LogP) is 5.39. The van der Waals surface area contributed by atoms with Gasteiger partial charge in [-0.1, -0.05) is 48.6 Å². The van der Waals surface area contributed by atoms with E-state index in [0.717, 1.165) is 43.3 Å². The molecule has 0 aliphatic heterocycles. The SMILES string of the molecule is O=C(O)/C=C/C=C/CCCCc1ccc(Oc2ccccc2)cc1. The van der Waals surface area contributed by atoms with E-state index in [4.69, 9.17) is 9.84 Å². The summed E-state index contributed by atoms with van der Waals surface area (Å²) in [5.74, 6) is 0.770. The van der Waals surface area contributed by atoms with Crippen LogP contribution >= 0.6 is 0 Å². The monoisotopic (exact) mass is 322 g/mol. The molecule has 0 saturated heterocycles. The van der Waals surface area contributed by atoms with Crippen LogP contribution in [-0.2, 0) is 11.2 Å². The molecule has 1 N–H and O–H groups in total. The maximum atomic E-state index is 10.3. The molecule has 0 saturated carbocycles. The van der Waals surface area contributed by atoms with E-state index in [2.05, 4.69) is 12.1 Å². The lowest BCUT2D eigenvalue weighted by Crippen LogP contribution is -1.87. The first-order valence-corrected chi connectivity index (χ1v) is 8.12. The highest BCUT2D eigenvalue weighted by molar-refractivity contribution is 5.80. The number of ether oxygens (including phenoxy) is 1. The summed E-state index contributed by atoms with van der Waals surface area (Å²) in [6.45, 7) is 0. The number of carboxylic acids is 1. The highest BCUT2D eigenvalue weighted by Gasteiger charge is 1.98. The van der Waals surface area contributed by atoms with Gasteiger partial charge < -0.3 is 9.84 Å². The quantitative estimate of drug-likeness (QED) is 0.382. The van der Waals surface area contributed by atoms with Crippen LogP contribution in [0.1, 0.15) is 24.8 Å². The molecular weight excluding hydrogens is 300 g/mol. The van der Waals surface area contributed by atoms with Crippen molar-refractivity contribution >= 4 is 5.97 Å². The van der Waals surface area contributed by atoms with E-state index in [1.807, 2.05) is 48.5 Å². The first-order chi connectivity index (χ1) is 11.7. The Labute approximate surface area is 142 Å². The molecule has 0 aliphatic rings. The maximum Gasteiger partial charge on any atom is 0.328 e. The largest absolute Gasteiger partial charge is 0.478 e. The van der Waals surface area contributed by atoms with E-state index < -0.39 is 5.97 Å². The lowest BCUT2D eigenvalue weighted by Gasteiger charge is -2.06. The minimum absolute atomic E-state index is 0.842. The number of allylic oxidation sites excluding steroid dienone is 3. The van der Waals surface area contributed by atoms with Gasteiger partial charge in [0.05, 0.1) is 0 Å². The maximum absolute atomic E-state index is 10.3. The molecule has 0 fully saturated rings. The Bertz CT molecular complexity index is 670. The van der Waals surface area contributed by atoms with Crippen LogP contribution in [0.5, 0.6) is 11.5 Å². The number of aryl methyl sites for hydroxylation is 1. The molecule has 2 aromatic carbocycles. The molecule has 3 heteroatoms. The third-order valence-electron chi connectivity index (χ3n) is 3.47. The van der Waals surface area contributed by atoms with Gasteiger partial charge in [0.2, 0.25) is 0 Å². The van der Waals surface area contributed by atoms with Crippen LogP contribution in [0.4, 0.5) is 0 Å². The Morgan fingerprint density at radius 3 is 2.33 bits per heavy atom. The Balaban J connectivity index is 1.68. The Morgan fingerprint density at radius 1 is 0.917 bits per heavy atom. The van der Waals surface area contributed by atoms with Gasteiger partial charge in [-0.3, -0.25) is 0 Å². The summed E-state index contributed by atoms with van der Waals surface area (Å²) >= 11 is 0. The molecule has 0 heterocycles. The number of carbonyl (C=O) groups is 1. The van der Waals surface area contributed by atoms with Crippen LogP contribution in [0, 0.1) is 0 Å². The second kappa shape index (κ2) is 10.1. The summed E-state index contributed by atoms with van der Waals surface area (Å²) in [4.78, 5) is 10.3. The Kier molecular flexibility index (Phi) is 7.35. The van der Waals surface area contributed by atoms with E-state index in [9.17, 15) is 4.79 Å². The fourth-order valence-corrected chi connectivity index (χ4v) is 2.25. The van der Waals surface area contributed by atoms with Crippen molar-refractivity contribution in [3.63, 3.8) is 0 Å². The van der Waals surface area contributed by atoms with Gasteiger partial charge in [0.1, 0.15) is 11.5 Å². The number of hydrogen-bond acceptors (Lipinski definition) is 2. The molecule has 124 valence electrons. The van der Waals surface area contributed by atoms with Gasteiger partial charge in [0, 0.05) is 6.08 Å². The third-order valence-corrected chi connectivity index (χ3v) is 3.47. The van der Waals surface area contributed by atoms with Crippen molar-refractivity contribution in [3.05, 3.63) is 84.5 Å². The van der Waals surface area contributed by atoms with Crippen LogP contribution in [0.25, 0.3) is 0 Å². The van der Waals surface area contributed by atoms with Crippen molar-refractivity contribution in [3.8, 4) is 11.5 Å². The van der Waals surface area contributed by atoms with Gasteiger partial charge >= 0.3 is 5.97 Å². The molecule has 0 unspecified atom stereocenters. The average Bonchev–Trinajstić information content (AvgIpc) is 2.59. The fraction of sp³-hybridized carbons (Fsp3) is 0.190. The highest BCUT2D eigenvalue weighted by Crippen LogP contribution is 2.21. The Morgan fingerprint density at radius 2 is 1.62 bits per heavy atom. The number of aliphatic carboxylic acids is 1. The molecule has 0 aliphatic carbocycles. The molecule has 0 amide bonds. The van der Waals surface area contributed by atoms with Crippen LogP contribution < -0.4 is 4.74 Å². The first kappa shape index (κ1) is 17.5. The van der Waals surface area contributed by atoms with Gasteiger partial charge in [-0.15, -0.1) is 0 Å². The number of hydrogen-bond donors (Lipinski definition) is 1. The van der Waals surface area contributed by atoms with E-state index in [1.165, 1.54) is 5.56 Å². The summed E-state index contributed by atoms with van der Waals surface area (Å²) in [6.07, 6.45) is 10.6. The van der Waals surface area contributed by atoms with Crippen LogP contribution in [0.3, 0.4) is 0 Å². The summed E-state index contributed by atoms with van der Waals surface area (Å²) in [5, 5.41) is 8.45. The van der Waals surface area contributed by atoms with Gasteiger partial charge in [-0.2, -0.15) is 0 Å². The van der Waals surface area contributed by atoms with Crippen molar-refractivity contribution in [1.82, 2.24) is 0 Å². The molecule has 0 atom stereocenters. The van der Waals surface area contributed by atoms with Gasteiger partial charge in [0.25, 0.3) is 0 Å². The van der Waals surface area contributed by atoms with E-state index in [1.54, 1.807) is 12.2 Å². The van der Waals surface area contributed by atoms with E-state index in [0.29, 0.717) is 0 Å². The fourth-order valence-electron chi connectivity index (χ4n) is 2.25. The molecule has 3 nitrogen and oxygen atoms in total. The number of unbranched alkanes of at least 4 members (excludes halogenated alkanes) is 2. The van der Waals surface area contributed by atoms with Crippen molar-refractivity contribution in [1.29, 1.82) is 0 Å². The Hall–Kier alpha value is -2.81. The second-order valence-electron chi connectivity index (χ2n) is 5.43. The highest BCUT2D eigenvalue weighted by atomic mass is 16.5. The summed E-state index contributed by atoms with van der Waals surface area (Å²) in [7, 11) is 0. The van der Waals surface area contributed by atoms with Gasteiger partial charge in [-0.25, -0.2) is 4.79 Å². The second-order valence-corrected chi connectivity index (χ2v) is 5.43. The topological polar surface area (TPSA) is 46.5 Å². The molecular formula is C21H22O3. The predicted molar refractivity (Wildman–Crippen MR) is 96.4 cm³/mol. The number of carboxylic acid groups (broad SMARTS) is 1. The lowest BCUT2D eigenvalue weighted by molar-refractivity contribution is -0.131. The van der Waals surface area contributed by atoms with Crippen molar-refractivity contribution in [2.75, 3.05) is 0 Å². The molecule has 24 heavy (non-hydrogen) atoms. The van der Waals surface area contributed by atoms with Gasteiger partial charge in [-0.05, 0) is 55.5 Å². The zero-order valence-corrected chi connectivity index (χ0v) is 13.6. The van der Waals surface area contributed by atoms with Crippen molar-refractivity contribution < 1.29 is 14.6 Å². The zero-order chi connectivity index (χ0) is 17.0.